The highest BCUT2D eigenvalue weighted by Gasteiger charge is 2.11. The first-order chi connectivity index (χ1) is 12.8. The molecule has 2 aromatic carbocycles. The minimum Gasteiger partial charge on any atom is -0.298 e. The summed E-state index contributed by atoms with van der Waals surface area (Å²) in [7, 11) is -3.10. The summed E-state index contributed by atoms with van der Waals surface area (Å²) in [6, 6.07) is 14.6. The van der Waals surface area contributed by atoms with Crippen molar-refractivity contribution >= 4 is 44.0 Å². The van der Waals surface area contributed by atoms with Crippen molar-refractivity contribution in [3.63, 3.8) is 0 Å². The van der Waals surface area contributed by atoms with Crippen LogP contribution in [-0.2, 0) is 15.6 Å². The zero-order valence-electron chi connectivity index (χ0n) is 14.8. The molecule has 8 heteroatoms. The van der Waals surface area contributed by atoms with E-state index in [-0.39, 0.29) is 11.7 Å². The molecule has 140 valence electrons. The summed E-state index contributed by atoms with van der Waals surface area (Å²) in [4.78, 5) is 18.0. The molecule has 0 aliphatic rings. The Morgan fingerprint density at radius 3 is 2.37 bits per heavy atom. The first kappa shape index (κ1) is 19.6. The molecule has 3 rings (SSSR count). The van der Waals surface area contributed by atoms with Crippen LogP contribution in [0, 0.1) is 0 Å². The SMILES string of the molecule is CSc1ccc(-c2csc(NC(=O)c3ccc(CS(C)(=O)=O)cc3)n2)cc1. The van der Waals surface area contributed by atoms with E-state index >= 15 is 0 Å². The molecule has 0 bridgehead atoms. The predicted molar refractivity (Wildman–Crippen MR) is 112 cm³/mol. The third-order valence-electron chi connectivity index (χ3n) is 3.76. The number of sulfone groups is 1. The summed E-state index contributed by atoms with van der Waals surface area (Å²) in [6.07, 6.45) is 3.21. The number of carbonyl (C=O) groups excluding carboxylic acids is 1. The maximum absolute atomic E-state index is 12.4. The number of rotatable bonds is 6. The van der Waals surface area contributed by atoms with Gasteiger partial charge in [0, 0.05) is 27.7 Å². The maximum Gasteiger partial charge on any atom is 0.257 e. The number of benzene rings is 2. The standard InChI is InChI=1S/C19H18N2O3S3/c1-25-16-9-7-14(8-10-16)17-11-26-19(20-17)21-18(22)15-5-3-13(4-6-15)12-27(2,23)24/h3-11H,12H2,1-2H3,(H,20,21,22). The number of anilines is 1. The van der Waals surface area contributed by atoms with Crippen LogP contribution < -0.4 is 5.32 Å². The van der Waals surface area contributed by atoms with Crippen LogP contribution in [-0.4, -0.2) is 31.8 Å². The largest absolute Gasteiger partial charge is 0.298 e. The molecule has 0 aliphatic heterocycles. The number of thioether (sulfide) groups is 1. The second-order valence-electron chi connectivity index (χ2n) is 5.99. The number of hydrogen-bond acceptors (Lipinski definition) is 6. The Balaban J connectivity index is 1.68. The van der Waals surface area contributed by atoms with E-state index in [1.54, 1.807) is 36.0 Å². The summed E-state index contributed by atoms with van der Waals surface area (Å²) < 4.78 is 22.7. The molecule has 0 unspecified atom stereocenters. The Morgan fingerprint density at radius 1 is 1.11 bits per heavy atom. The summed E-state index contributed by atoms with van der Waals surface area (Å²) >= 11 is 3.04. The molecule has 0 saturated carbocycles. The van der Waals surface area contributed by atoms with Gasteiger partial charge in [-0.2, -0.15) is 0 Å². The van der Waals surface area contributed by atoms with E-state index in [4.69, 9.17) is 0 Å². The van der Waals surface area contributed by atoms with Crippen molar-refractivity contribution in [1.29, 1.82) is 0 Å². The third kappa shape index (κ3) is 5.41. The Kier molecular flexibility index (Phi) is 5.98. The number of hydrogen-bond donors (Lipinski definition) is 1. The van der Waals surface area contributed by atoms with Crippen LogP contribution >= 0.6 is 23.1 Å². The lowest BCUT2D eigenvalue weighted by molar-refractivity contribution is 0.102. The van der Waals surface area contributed by atoms with Gasteiger partial charge in [0.25, 0.3) is 5.91 Å². The van der Waals surface area contributed by atoms with Crippen molar-refractivity contribution in [2.75, 3.05) is 17.8 Å². The second-order valence-corrected chi connectivity index (χ2v) is 9.87. The predicted octanol–water partition coefficient (Wildman–Crippen LogP) is 4.33. The first-order valence-corrected chi connectivity index (χ1v) is 12.2. The quantitative estimate of drug-likeness (QED) is 0.603. The van der Waals surface area contributed by atoms with Crippen LogP contribution in [0.2, 0.25) is 0 Å². The van der Waals surface area contributed by atoms with E-state index < -0.39 is 9.84 Å². The highest BCUT2D eigenvalue weighted by molar-refractivity contribution is 7.98. The molecule has 1 amide bonds. The molecular weight excluding hydrogens is 400 g/mol. The van der Waals surface area contributed by atoms with Gasteiger partial charge in [-0.1, -0.05) is 24.3 Å². The van der Waals surface area contributed by atoms with Crippen molar-refractivity contribution in [2.24, 2.45) is 0 Å². The highest BCUT2D eigenvalue weighted by Crippen LogP contribution is 2.27. The molecule has 27 heavy (non-hydrogen) atoms. The van der Waals surface area contributed by atoms with E-state index in [9.17, 15) is 13.2 Å². The van der Waals surface area contributed by atoms with Crippen LogP contribution in [0.4, 0.5) is 5.13 Å². The monoisotopic (exact) mass is 418 g/mol. The average molecular weight is 419 g/mol. The van der Waals surface area contributed by atoms with Gasteiger partial charge >= 0.3 is 0 Å². The van der Waals surface area contributed by atoms with Crippen molar-refractivity contribution in [1.82, 2.24) is 4.98 Å². The normalized spacial score (nSPS) is 11.3. The average Bonchev–Trinajstić information content (AvgIpc) is 3.09. The molecule has 3 aromatic rings. The second kappa shape index (κ2) is 8.24. The van der Waals surface area contributed by atoms with Crippen LogP contribution in [0.5, 0.6) is 0 Å². The molecule has 5 nitrogen and oxygen atoms in total. The van der Waals surface area contributed by atoms with Gasteiger partial charge in [0.2, 0.25) is 0 Å². The summed E-state index contributed by atoms with van der Waals surface area (Å²) in [5.41, 5.74) is 2.91. The van der Waals surface area contributed by atoms with E-state index in [1.165, 1.54) is 22.5 Å². The molecule has 0 atom stereocenters. The zero-order valence-corrected chi connectivity index (χ0v) is 17.2. The molecule has 0 radical (unpaired) electrons. The molecule has 0 aliphatic carbocycles. The summed E-state index contributed by atoms with van der Waals surface area (Å²) in [6.45, 7) is 0. The van der Waals surface area contributed by atoms with Gasteiger partial charge in [0.15, 0.2) is 15.0 Å². The van der Waals surface area contributed by atoms with Crippen molar-refractivity contribution in [2.45, 2.75) is 10.6 Å². The fraction of sp³-hybridized carbons (Fsp3) is 0.158. The van der Waals surface area contributed by atoms with Crippen LogP contribution in [0.1, 0.15) is 15.9 Å². The lowest BCUT2D eigenvalue weighted by Crippen LogP contribution is -2.11. The lowest BCUT2D eigenvalue weighted by Gasteiger charge is -2.04. The molecular formula is C19H18N2O3S3. The Morgan fingerprint density at radius 2 is 1.78 bits per heavy atom. The Hall–Kier alpha value is -2.16. The van der Waals surface area contributed by atoms with E-state index in [0.717, 1.165) is 11.3 Å². The van der Waals surface area contributed by atoms with Gasteiger partial charge in [0.05, 0.1) is 11.4 Å². The third-order valence-corrected chi connectivity index (χ3v) is 6.11. The summed E-state index contributed by atoms with van der Waals surface area (Å²) in [5.74, 6) is -0.320. The van der Waals surface area contributed by atoms with Gasteiger partial charge in [-0.15, -0.1) is 23.1 Å². The molecule has 1 heterocycles. The maximum atomic E-state index is 12.4. The Labute approximate surface area is 166 Å². The molecule has 0 saturated heterocycles. The van der Waals surface area contributed by atoms with Crippen molar-refractivity contribution in [3.05, 3.63) is 65.0 Å². The van der Waals surface area contributed by atoms with E-state index in [0.29, 0.717) is 16.3 Å². The number of amides is 1. The van der Waals surface area contributed by atoms with E-state index in [2.05, 4.69) is 10.3 Å². The molecule has 1 N–H and O–H groups in total. The topological polar surface area (TPSA) is 76.1 Å². The van der Waals surface area contributed by atoms with Gasteiger partial charge < -0.3 is 0 Å². The van der Waals surface area contributed by atoms with Crippen LogP contribution in [0.3, 0.4) is 0 Å². The van der Waals surface area contributed by atoms with Gasteiger partial charge in [-0.3, -0.25) is 10.1 Å². The minimum absolute atomic E-state index is 0.0416. The lowest BCUT2D eigenvalue weighted by atomic mass is 10.1. The fourth-order valence-electron chi connectivity index (χ4n) is 2.45. The smallest absolute Gasteiger partial charge is 0.257 e. The number of thiazole rings is 1. The number of nitrogens with zero attached hydrogens (tertiary/aromatic N) is 1. The van der Waals surface area contributed by atoms with Gasteiger partial charge in [0.1, 0.15) is 0 Å². The number of nitrogens with one attached hydrogen (secondary N) is 1. The number of carbonyl (C=O) groups is 1. The van der Waals surface area contributed by atoms with Gasteiger partial charge in [-0.05, 0) is 36.1 Å². The molecule has 0 spiro atoms. The Bertz CT molecular complexity index is 1040. The van der Waals surface area contributed by atoms with E-state index in [1.807, 2.05) is 35.9 Å². The molecule has 1 aromatic heterocycles. The minimum atomic E-state index is -3.10. The van der Waals surface area contributed by atoms with Crippen molar-refractivity contribution in [3.8, 4) is 11.3 Å². The number of aromatic nitrogens is 1. The van der Waals surface area contributed by atoms with Crippen LogP contribution in [0.25, 0.3) is 11.3 Å². The molecule has 0 fully saturated rings. The van der Waals surface area contributed by atoms with Crippen molar-refractivity contribution < 1.29 is 13.2 Å². The fourth-order valence-corrected chi connectivity index (χ4v) is 4.37. The van der Waals surface area contributed by atoms with Gasteiger partial charge in [-0.25, -0.2) is 13.4 Å². The summed E-state index contributed by atoms with van der Waals surface area (Å²) in [5, 5.41) is 5.20. The van der Waals surface area contributed by atoms with Crippen LogP contribution in [0.15, 0.2) is 58.8 Å². The zero-order chi connectivity index (χ0) is 19.4. The highest BCUT2D eigenvalue weighted by atomic mass is 32.2. The first-order valence-electron chi connectivity index (χ1n) is 8.02.